The van der Waals surface area contributed by atoms with E-state index in [1.54, 1.807) is 30.3 Å². The van der Waals surface area contributed by atoms with Crippen molar-refractivity contribution in [2.24, 2.45) is 0 Å². The van der Waals surface area contributed by atoms with Crippen LogP contribution < -0.4 is 4.74 Å². The van der Waals surface area contributed by atoms with Gasteiger partial charge >= 0.3 is 12.0 Å². The maximum atomic E-state index is 13.3. The molecule has 0 unspecified atom stereocenters. The topological polar surface area (TPSA) is 57.0 Å². The Balaban J connectivity index is 1.74. The van der Waals surface area contributed by atoms with E-state index < -0.39 is 17.6 Å². The Hall–Kier alpha value is -3.87. The number of carbonyl (C=O) groups excluding carboxylic acids is 1. The lowest BCUT2D eigenvalue weighted by Crippen LogP contribution is -2.09. The number of hydrogen-bond acceptors (Lipinski definition) is 4. The first kappa shape index (κ1) is 17.5. The van der Waals surface area contributed by atoms with Crippen LogP contribution in [-0.2, 0) is 0 Å². The molecule has 0 aliphatic rings. The number of esters is 1. The van der Waals surface area contributed by atoms with E-state index in [1.165, 1.54) is 53.2 Å². The summed E-state index contributed by atoms with van der Waals surface area (Å²) >= 11 is 0. The quantitative estimate of drug-likeness (QED) is 0.494. The maximum absolute atomic E-state index is 13.3. The van der Waals surface area contributed by atoms with Crippen LogP contribution in [0, 0.1) is 11.6 Å². The van der Waals surface area contributed by atoms with Crippen LogP contribution >= 0.6 is 0 Å². The largest absolute Gasteiger partial charge is 0.386 e. The van der Waals surface area contributed by atoms with Crippen LogP contribution in [0.5, 0.6) is 6.01 Å². The lowest BCUT2D eigenvalue weighted by Gasteiger charge is -2.05. The molecule has 7 heteroatoms. The molecule has 138 valence electrons. The molecule has 0 amide bonds. The third-order valence-corrected chi connectivity index (χ3v) is 3.95. The summed E-state index contributed by atoms with van der Waals surface area (Å²) in [5.41, 5.74) is 1.42. The standard InChI is InChI=1S/C21H13F2N3O2/c22-16-8-6-14(7-9-16)19-24-21(28-20(27)15-4-2-1-3-5-15)25-26(19)18-12-10-17(23)11-13-18/h1-13H. The molecule has 0 aliphatic carbocycles. The van der Waals surface area contributed by atoms with Crippen LogP contribution in [0.3, 0.4) is 0 Å². The number of rotatable bonds is 4. The van der Waals surface area contributed by atoms with Gasteiger partial charge in [-0.25, -0.2) is 18.3 Å². The summed E-state index contributed by atoms with van der Waals surface area (Å²) in [5.74, 6) is -1.08. The first-order chi connectivity index (χ1) is 13.6. The second-order valence-corrected chi connectivity index (χ2v) is 5.87. The molecule has 1 aromatic heterocycles. The smallest absolute Gasteiger partial charge is 0.345 e. The Morgan fingerprint density at radius 1 is 0.821 bits per heavy atom. The molecular weight excluding hydrogens is 364 g/mol. The molecular formula is C21H13F2N3O2. The van der Waals surface area contributed by atoms with Crippen molar-refractivity contribution in [3.05, 3.63) is 96.1 Å². The normalized spacial score (nSPS) is 10.6. The van der Waals surface area contributed by atoms with Gasteiger partial charge in [0.05, 0.1) is 11.3 Å². The molecule has 0 spiro atoms. The van der Waals surface area contributed by atoms with Gasteiger partial charge in [-0.05, 0) is 60.7 Å². The van der Waals surface area contributed by atoms with Crippen LogP contribution in [0.25, 0.3) is 17.1 Å². The van der Waals surface area contributed by atoms with Crippen molar-refractivity contribution >= 4 is 5.97 Å². The van der Waals surface area contributed by atoms with E-state index in [0.717, 1.165) is 0 Å². The van der Waals surface area contributed by atoms with Crippen molar-refractivity contribution in [3.63, 3.8) is 0 Å². The number of aromatic nitrogens is 3. The summed E-state index contributed by atoms with van der Waals surface area (Å²) in [6, 6.07) is 19.5. The minimum absolute atomic E-state index is 0.169. The van der Waals surface area contributed by atoms with E-state index in [1.807, 2.05) is 0 Å². The molecule has 3 aromatic carbocycles. The number of hydrogen-bond donors (Lipinski definition) is 0. The fourth-order valence-electron chi connectivity index (χ4n) is 2.60. The van der Waals surface area contributed by atoms with E-state index in [-0.39, 0.29) is 6.01 Å². The highest BCUT2D eigenvalue weighted by atomic mass is 19.1. The highest BCUT2D eigenvalue weighted by Crippen LogP contribution is 2.24. The summed E-state index contributed by atoms with van der Waals surface area (Å²) in [6.07, 6.45) is 0. The van der Waals surface area contributed by atoms with Gasteiger partial charge in [0.25, 0.3) is 0 Å². The van der Waals surface area contributed by atoms with Gasteiger partial charge in [0.2, 0.25) is 0 Å². The van der Waals surface area contributed by atoms with Gasteiger partial charge in [0.15, 0.2) is 5.82 Å². The Labute approximate surface area is 158 Å². The first-order valence-corrected chi connectivity index (χ1v) is 8.36. The van der Waals surface area contributed by atoms with Gasteiger partial charge in [-0.2, -0.15) is 4.98 Å². The van der Waals surface area contributed by atoms with Crippen molar-refractivity contribution in [2.75, 3.05) is 0 Å². The van der Waals surface area contributed by atoms with Crippen molar-refractivity contribution in [2.45, 2.75) is 0 Å². The van der Waals surface area contributed by atoms with Crippen LogP contribution in [0.2, 0.25) is 0 Å². The average molecular weight is 377 g/mol. The number of benzene rings is 3. The summed E-state index contributed by atoms with van der Waals surface area (Å²) < 4.78 is 33.2. The highest BCUT2D eigenvalue weighted by molar-refractivity contribution is 5.90. The zero-order valence-corrected chi connectivity index (χ0v) is 14.4. The van der Waals surface area contributed by atoms with Gasteiger partial charge in [-0.1, -0.05) is 18.2 Å². The fourth-order valence-corrected chi connectivity index (χ4v) is 2.60. The van der Waals surface area contributed by atoms with Crippen LogP contribution in [0.15, 0.2) is 78.9 Å². The number of halogens is 2. The summed E-state index contributed by atoms with van der Waals surface area (Å²) in [5, 5.41) is 4.22. The fraction of sp³-hybridized carbons (Fsp3) is 0. The predicted molar refractivity (Wildman–Crippen MR) is 98.1 cm³/mol. The second-order valence-electron chi connectivity index (χ2n) is 5.87. The molecule has 0 aliphatic heterocycles. The van der Waals surface area contributed by atoms with E-state index >= 15 is 0 Å². The molecule has 4 rings (SSSR count). The molecule has 0 atom stereocenters. The third kappa shape index (κ3) is 3.64. The minimum atomic E-state index is -0.609. The average Bonchev–Trinajstić information content (AvgIpc) is 3.13. The molecule has 0 saturated carbocycles. The van der Waals surface area contributed by atoms with E-state index in [2.05, 4.69) is 10.1 Å². The number of ether oxygens (including phenoxy) is 1. The summed E-state index contributed by atoms with van der Waals surface area (Å²) in [6.45, 7) is 0. The maximum Gasteiger partial charge on any atom is 0.345 e. The molecule has 0 radical (unpaired) electrons. The Morgan fingerprint density at radius 2 is 1.43 bits per heavy atom. The zero-order chi connectivity index (χ0) is 19.5. The third-order valence-electron chi connectivity index (χ3n) is 3.95. The van der Waals surface area contributed by atoms with E-state index in [0.29, 0.717) is 22.6 Å². The molecule has 0 bridgehead atoms. The van der Waals surface area contributed by atoms with Crippen LogP contribution in [0.1, 0.15) is 10.4 Å². The lowest BCUT2D eigenvalue weighted by molar-refractivity contribution is 0.0719. The molecule has 5 nitrogen and oxygen atoms in total. The highest BCUT2D eigenvalue weighted by Gasteiger charge is 2.18. The summed E-state index contributed by atoms with van der Waals surface area (Å²) in [7, 11) is 0. The number of nitrogens with zero attached hydrogens (tertiary/aromatic N) is 3. The molecule has 0 N–H and O–H groups in total. The van der Waals surface area contributed by atoms with Gasteiger partial charge < -0.3 is 4.74 Å². The van der Waals surface area contributed by atoms with Gasteiger partial charge in [0, 0.05) is 5.56 Å². The Kier molecular flexibility index (Phi) is 4.63. The minimum Gasteiger partial charge on any atom is -0.386 e. The van der Waals surface area contributed by atoms with E-state index in [4.69, 9.17) is 4.74 Å². The Bertz CT molecular complexity index is 1050. The monoisotopic (exact) mass is 377 g/mol. The predicted octanol–water partition coefficient (Wildman–Crippen LogP) is 4.43. The van der Waals surface area contributed by atoms with Crippen molar-refractivity contribution in [3.8, 4) is 23.1 Å². The van der Waals surface area contributed by atoms with Crippen molar-refractivity contribution < 1.29 is 18.3 Å². The van der Waals surface area contributed by atoms with Gasteiger partial charge in [-0.15, -0.1) is 5.10 Å². The molecule has 4 aromatic rings. The SMILES string of the molecule is O=C(Oc1nc(-c2ccc(F)cc2)n(-c2ccc(F)cc2)n1)c1ccccc1. The zero-order valence-electron chi connectivity index (χ0n) is 14.4. The first-order valence-electron chi connectivity index (χ1n) is 8.36. The molecule has 0 fully saturated rings. The van der Waals surface area contributed by atoms with Crippen LogP contribution in [-0.4, -0.2) is 20.7 Å². The lowest BCUT2D eigenvalue weighted by atomic mass is 10.2. The van der Waals surface area contributed by atoms with Crippen molar-refractivity contribution in [1.29, 1.82) is 0 Å². The molecule has 28 heavy (non-hydrogen) atoms. The second kappa shape index (κ2) is 7.40. The number of carbonyl (C=O) groups is 1. The molecule has 1 heterocycles. The molecule has 0 saturated heterocycles. The van der Waals surface area contributed by atoms with Gasteiger partial charge in [-0.3, -0.25) is 0 Å². The van der Waals surface area contributed by atoms with Crippen molar-refractivity contribution in [1.82, 2.24) is 14.8 Å². The Morgan fingerprint density at radius 3 is 2.07 bits per heavy atom. The summed E-state index contributed by atoms with van der Waals surface area (Å²) in [4.78, 5) is 16.6. The van der Waals surface area contributed by atoms with E-state index in [9.17, 15) is 13.6 Å². The van der Waals surface area contributed by atoms with Gasteiger partial charge in [0.1, 0.15) is 11.6 Å². The van der Waals surface area contributed by atoms with Crippen LogP contribution in [0.4, 0.5) is 8.78 Å².